The molecule has 0 aliphatic rings. The Kier molecular flexibility index (Phi) is 5.30. The molecule has 18 heavy (non-hydrogen) atoms. The van der Waals surface area contributed by atoms with Crippen LogP contribution in [0.25, 0.3) is 0 Å². The van der Waals surface area contributed by atoms with Gasteiger partial charge in [0.05, 0.1) is 0 Å². The largest absolute Gasteiger partial charge is 0.273 e. The predicted molar refractivity (Wildman–Crippen MR) is 63.1 cm³/mol. The smallest absolute Gasteiger partial charge is 0.269 e. The van der Waals surface area contributed by atoms with E-state index in [4.69, 9.17) is 0 Å². The van der Waals surface area contributed by atoms with Gasteiger partial charge in [0.15, 0.2) is 0 Å². The first-order chi connectivity index (χ1) is 8.59. The lowest BCUT2D eigenvalue weighted by molar-refractivity contribution is -0.480. The van der Waals surface area contributed by atoms with Gasteiger partial charge in [-0.1, -0.05) is 18.2 Å². The third kappa shape index (κ3) is 5.06. The molecule has 7 nitrogen and oxygen atoms in total. The molecule has 1 rings (SSSR count). The van der Waals surface area contributed by atoms with E-state index in [9.17, 15) is 19.7 Å². The molecule has 0 saturated heterocycles. The molecule has 0 aliphatic carbocycles. The average molecular weight is 251 g/mol. The van der Waals surface area contributed by atoms with Crippen molar-refractivity contribution in [3.63, 3.8) is 0 Å². The molecule has 0 aliphatic heterocycles. The number of hydrogen-bond acceptors (Lipinski definition) is 4. The zero-order chi connectivity index (χ0) is 13.4. The normalized spacial score (nSPS) is 9.56. The van der Waals surface area contributed by atoms with Gasteiger partial charge in [0.2, 0.25) is 12.5 Å². The Balaban J connectivity index is 2.26. The molecular weight excluding hydrogens is 238 g/mol. The molecule has 0 spiro atoms. The van der Waals surface area contributed by atoms with Crippen molar-refractivity contribution in [3.05, 3.63) is 46.0 Å². The van der Waals surface area contributed by atoms with Crippen LogP contribution in [-0.4, -0.2) is 23.3 Å². The molecule has 2 amide bonds. The third-order valence-corrected chi connectivity index (χ3v) is 2.10. The maximum atomic E-state index is 11.5. The molecule has 0 aromatic heterocycles. The lowest BCUT2D eigenvalue weighted by atomic mass is 10.2. The number of nitrogens with zero attached hydrogens (tertiary/aromatic N) is 1. The highest BCUT2D eigenvalue weighted by Crippen LogP contribution is 1.97. The molecule has 2 N–H and O–H groups in total. The van der Waals surface area contributed by atoms with Crippen LogP contribution in [-0.2, 0) is 4.79 Å². The van der Waals surface area contributed by atoms with Gasteiger partial charge in [-0.3, -0.25) is 30.6 Å². The van der Waals surface area contributed by atoms with E-state index >= 15 is 0 Å². The van der Waals surface area contributed by atoms with E-state index in [0.29, 0.717) is 5.56 Å². The van der Waals surface area contributed by atoms with E-state index in [1.54, 1.807) is 30.3 Å². The number of hydrazine groups is 1. The lowest BCUT2D eigenvalue weighted by Crippen LogP contribution is -2.41. The fraction of sp³-hybridized carbons (Fsp3) is 0.273. The van der Waals surface area contributed by atoms with Gasteiger partial charge in [0.1, 0.15) is 0 Å². The number of rotatable bonds is 5. The van der Waals surface area contributed by atoms with Crippen LogP contribution in [0.15, 0.2) is 30.3 Å². The van der Waals surface area contributed by atoms with Crippen LogP contribution in [0, 0.1) is 10.1 Å². The Morgan fingerprint density at radius 1 is 1.17 bits per heavy atom. The molecule has 0 atom stereocenters. The zero-order valence-corrected chi connectivity index (χ0v) is 9.59. The van der Waals surface area contributed by atoms with Crippen molar-refractivity contribution >= 4 is 11.8 Å². The van der Waals surface area contributed by atoms with Gasteiger partial charge in [-0.15, -0.1) is 0 Å². The summed E-state index contributed by atoms with van der Waals surface area (Å²) >= 11 is 0. The number of carbonyl (C=O) groups is 2. The second-order valence-corrected chi connectivity index (χ2v) is 3.53. The molecule has 0 fully saturated rings. The van der Waals surface area contributed by atoms with Crippen LogP contribution in [0.4, 0.5) is 0 Å². The summed E-state index contributed by atoms with van der Waals surface area (Å²) in [6.45, 7) is -0.264. The highest BCUT2D eigenvalue weighted by molar-refractivity contribution is 5.95. The average Bonchev–Trinajstić information content (AvgIpc) is 2.36. The van der Waals surface area contributed by atoms with Crippen molar-refractivity contribution < 1.29 is 14.5 Å². The number of nitrogens with one attached hydrogen (secondary N) is 2. The minimum Gasteiger partial charge on any atom is -0.273 e. The molecular formula is C11H13N3O4. The lowest BCUT2D eigenvalue weighted by Gasteiger charge is -2.06. The Morgan fingerprint density at radius 2 is 1.83 bits per heavy atom. The summed E-state index contributed by atoms with van der Waals surface area (Å²) in [6, 6.07) is 8.39. The number of hydrogen-bond donors (Lipinski definition) is 2. The Bertz CT molecular complexity index is 433. The quantitative estimate of drug-likeness (QED) is 0.587. The monoisotopic (exact) mass is 251 g/mol. The third-order valence-electron chi connectivity index (χ3n) is 2.10. The first-order valence-corrected chi connectivity index (χ1v) is 5.35. The molecule has 1 aromatic rings. The van der Waals surface area contributed by atoms with Crippen molar-refractivity contribution in [2.24, 2.45) is 0 Å². The van der Waals surface area contributed by atoms with Crippen LogP contribution >= 0.6 is 0 Å². The number of amides is 2. The number of benzene rings is 1. The van der Waals surface area contributed by atoms with Crippen molar-refractivity contribution in [2.75, 3.05) is 6.54 Å². The van der Waals surface area contributed by atoms with Gasteiger partial charge < -0.3 is 0 Å². The maximum absolute atomic E-state index is 11.5. The molecule has 0 saturated carbocycles. The first-order valence-electron chi connectivity index (χ1n) is 5.35. The SMILES string of the molecule is O=C(CCC[N+](=O)[O-])NNC(=O)c1ccccc1. The number of nitro groups is 1. The van der Waals surface area contributed by atoms with Crippen LogP contribution < -0.4 is 10.9 Å². The molecule has 0 unspecified atom stereocenters. The van der Waals surface area contributed by atoms with E-state index in [2.05, 4.69) is 10.9 Å². The topological polar surface area (TPSA) is 101 Å². The van der Waals surface area contributed by atoms with Gasteiger partial charge in [0.25, 0.3) is 5.91 Å². The molecule has 0 bridgehead atoms. The summed E-state index contributed by atoms with van der Waals surface area (Å²) in [7, 11) is 0. The van der Waals surface area contributed by atoms with E-state index < -0.39 is 16.7 Å². The number of carbonyl (C=O) groups excluding carboxylic acids is 2. The highest BCUT2D eigenvalue weighted by Gasteiger charge is 2.07. The van der Waals surface area contributed by atoms with Crippen molar-refractivity contribution in [1.82, 2.24) is 10.9 Å². The van der Waals surface area contributed by atoms with Gasteiger partial charge in [0, 0.05) is 23.3 Å². The molecule has 0 heterocycles. The van der Waals surface area contributed by atoms with Gasteiger partial charge in [-0.2, -0.15) is 0 Å². The Labute approximate surface area is 103 Å². The predicted octanol–water partition coefficient (Wildman–Crippen LogP) is 0.504. The van der Waals surface area contributed by atoms with Crippen molar-refractivity contribution in [3.8, 4) is 0 Å². The van der Waals surface area contributed by atoms with E-state index in [0.717, 1.165) is 0 Å². The zero-order valence-electron chi connectivity index (χ0n) is 9.59. The fourth-order valence-corrected chi connectivity index (χ4v) is 1.22. The second kappa shape index (κ2) is 7.00. The summed E-state index contributed by atoms with van der Waals surface area (Å²) in [4.78, 5) is 32.3. The molecule has 96 valence electrons. The summed E-state index contributed by atoms with van der Waals surface area (Å²) in [5, 5.41) is 10.0. The minimum absolute atomic E-state index is 0.00392. The Hall–Kier alpha value is -2.44. The van der Waals surface area contributed by atoms with Crippen LogP contribution in [0.1, 0.15) is 23.2 Å². The van der Waals surface area contributed by atoms with Crippen molar-refractivity contribution in [2.45, 2.75) is 12.8 Å². The highest BCUT2D eigenvalue weighted by atomic mass is 16.6. The van der Waals surface area contributed by atoms with Gasteiger partial charge >= 0.3 is 0 Å². The summed E-state index contributed by atoms with van der Waals surface area (Å²) in [6.07, 6.45) is 0.135. The summed E-state index contributed by atoms with van der Waals surface area (Å²) in [5.74, 6) is -0.889. The standard InChI is InChI=1S/C11H13N3O4/c15-10(7-4-8-14(17)18)12-13-11(16)9-5-2-1-3-6-9/h1-3,5-6H,4,7-8H2,(H,12,15)(H,13,16). The molecule has 1 aromatic carbocycles. The summed E-state index contributed by atoms with van der Waals surface area (Å²) in [5.41, 5.74) is 4.84. The molecule has 7 heteroatoms. The van der Waals surface area contributed by atoms with Crippen LogP contribution in [0.2, 0.25) is 0 Å². The van der Waals surface area contributed by atoms with Crippen LogP contribution in [0.3, 0.4) is 0 Å². The first kappa shape index (κ1) is 13.6. The van der Waals surface area contributed by atoms with E-state index in [-0.39, 0.29) is 19.4 Å². The van der Waals surface area contributed by atoms with Crippen LogP contribution in [0.5, 0.6) is 0 Å². The second-order valence-electron chi connectivity index (χ2n) is 3.53. The Morgan fingerprint density at radius 3 is 2.44 bits per heavy atom. The van der Waals surface area contributed by atoms with Gasteiger partial charge in [-0.05, 0) is 12.1 Å². The minimum atomic E-state index is -0.490. The van der Waals surface area contributed by atoms with E-state index in [1.807, 2.05) is 0 Å². The fourth-order valence-electron chi connectivity index (χ4n) is 1.22. The van der Waals surface area contributed by atoms with Crippen molar-refractivity contribution in [1.29, 1.82) is 0 Å². The maximum Gasteiger partial charge on any atom is 0.269 e. The van der Waals surface area contributed by atoms with E-state index in [1.165, 1.54) is 0 Å². The molecule has 0 radical (unpaired) electrons. The van der Waals surface area contributed by atoms with Gasteiger partial charge in [-0.25, -0.2) is 0 Å². The summed E-state index contributed by atoms with van der Waals surface area (Å²) < 4.78 is 0.